The predicted molar refractivity (Wildman–Crippen MR) is 118 cm³/mol. The van der Waals surface area contributed by atoms with E-state index in [1.54, 1.807) is 0 Å². The summed E-state index contributed by atoms with van der Waals surface area (Å²) in [6.07, 6.45) is 0.220. The zero-order valence-corrected chi connectivity index (χ0v) is 18.2. The first kappa shape index (κ1) is 22.0. The Morgan fingerprint density at radius 1 is 1.10 bits per heavy atom. The average Bonchev–Trinajstić information content (AvgIpc) is 2.74. The van der Waals surface area contributed by atoms with Crippen molar-refractivity contribution < 1.29 is 14.3 Å². The molecule has 5 heteroatoms. The number of amides is 2. The third kappa shape index (κ3) is 6.17. The van der Waals surface area contributed by atoms with Crippen molar-refractivity contribution in [1.29, 1.82) is 0 Å². The monoisotopic (exact) mass is 408 g/mol. The Balaban J connectivity index is 1.64. The molecule has 30 heavy (non-hydrogen) atoms. The molecule has 2 aromatic carbocycles. The fraction of sp³-hybridized carbons (Fsp3) is 0.440. The lowest BCUT2D eigenvalue weighted by atomic mass is 10.1. The summed E-state index contributed by atoms with van der Waals surface area (Å²) in [5.41, 5.74) is 2.83. The fourth-order valence-electron chi connectivity index (χ4n) is 3.74. The van der Waals surface area contributed by atoms with Crippen LogP contribution in [0, 0.1) is 12.8 Å². The standard InChI is InChI=1S/C25H32N2O3/c1-19(2)16-27(25(29)22-11-9-20(3)10-12-22)18-23-17-26(13-14-30-23)24(28)15-21-7-5-4-6-8-21/h4-12,19,23H,13-18H2,1-3H3/t23-/m0/s1. The Bertz CT molecular complexity index is 833. The van der Waals surface area contributed by atoms with E-state index in [1.165, 1.54) is 0 Å². The van der Waals surface area contributed by atoms with Crippen LogP contribution < -0.4 is 0 Å². The molecule has 0 bridgehead atoms. The van der Waals surface area contributed by atoms with E-state index >= 15 is 0 Å². The number of rotatable bonds is 7. The lowest BCUT2D eigenvalue weighted by molar-refractivity contribution is -0.138. The van der Waals surface area contributed by atoms with Gasteiger partial charge in [-0.2, -0.15) is 0 Å². The summed E-state index contributed by atoms with van der Waals surface area (Å²) in [6, 6.07) is 17.5. The van der Waals surface area contributed by atoms with Gasteiger partial charge in [-0.15, -0.1) is 0 Å². The van der Waals surface area contributed by atoms with E-state index in [9.17, 15) is 9.59 Å². The highest BCUT2D eigenvalue weighted by atomic mass is 16.5. The van der Waals surface area contributed by atoms with Crippen LogP contribution in [-0.4, -0.2) is 60.5 Å². The molecule has 0 unspecified atom stereocenters. The molecule has 1 aliphatic rings. The average molecular weight is 409 g/mol. The van der Waals surface area contributed by atoms with E-state index in [0.717, 1.165) is 11.1 Å². The minimum Gasteiger partial charge on any atom is -0.373 e. The van der Waals surface area contributed by atoms with Crippen LogP contribution in [0.5, 0.6) is 0 Å². The smallest absolute Gasteiger partial charge is 0.253 e. The van der Waals surface area contributed by atoms with Gasteiger partial charge in [0, 0.05) is 31.7 Å². The molecule has 1 atom stereocenters. The number of aryl methyl sites for hydroxylation is 1. The lowest BCUT2D eigenvalue weighted by Crippen LogP contribution is -2.51. The Morgan fingerprint density at radius 2 is 1.80 bits per heavy atom. The summed E-state index contributed by atoms with van der Waals surface area (Å²) in [4.78, 5) is 29.6. The SMILES string of the molecule is Cc1ccc(C(=O)N(CC(C)C)C[C@@H]2CN(C(=O)Cc3ccccc3)CCO2)cc1. The summed E-state index contributed by atoms with van der Waals surface area (Å²) in [7, 11) is 0. The zero-order valence-electron chi connectivity index (χ0n) is 18.2. The van der Waals surface area contributed by atoms with Crippen LogP contribution in [0.15, 0.2) is 54.6 Å². The van der Waals surface area contributed by atoms with Gasteiger partial charge in [0.05, 0.1) is 19.1 Å². The first-order valence-corrected chi connectivity index (χ1v) is 10.7. The molecule has 0 radical (unpaired) electrons. The molecule has 0 saturated carbocycles. The quantitative estimate of drug-likeness (QED) is 0.704. The van der Waals surface area contributed by atoms with E-state index in [-0.39, 0.29) is 17.9 Å². The minimum atomic E-state index is -0.174. The van der Waals surface area contributed by atoms with Crippen molar-refractivity contribution >= 4 is 11.8 Å². The van der Waals surface area contributed by atoms with Crippen molar-refractivity contribution in [3.05, 3.63) is 71.3 Å². The number of ether oxygens (including phenoxy) is 1. The second-order valence-corrected chi connectivity index (χ2v) is 8.46. The van der Waals surface area contributed by atoms with Crippen molar-refractivity contribution in [2.24, 2.45) is 5.92 Å². The molecule has 1 fully saturated rings. The molecule has 0 aromatic heterocycles. The molecular weight excluding hydrogens is 376 g/mol. The van der Waals surface area contributed by atoms with Gasteiger partial charge in [0.1, 0.15) is 0 Å². The highest BCUT2D eigenvalue weighted by molar-refractivity contribution is 5.94. The van der Waals surface area contributed by atoms with Crippen LogP contribution in [0.3, 0.4) is 0 Å². The lowest BCUT2D eigenvalue weighted by Gasteiger charge is -2.36. The topological polar surface area (TPSA) is 49.9 Å². The Kier molecular flexibility index (Phi) is 7.63. The third-order valence-corrected chi connectivity index (χ3v) is 5.28. The van der Waals surface area contributed by atoms with Crippen molar-refractivity contribution in [2.45, 2.75) is 33.3 Å². The second-order valence-electron chi connectivity index (χ2n) is 8.46. The van der Waals surface area contributed by atoms with Gasteiger partial charge >= 0.3 is 0 Å². The van der Waals surface area contributed by atoms with Crippen LogP contribution in [0.25, 0.3) is 0 Å². The van der Waals surface area contributed by atoms with E-state index in [1.807, 2.05) is 71.3 Å². The Labute approximate surface area is 179 Å². The molecule has 5 nitrogen and oxygen atoms in total. The Hall–Kier alpha value is -2.66. The van der Waals surface area contributed by atoms with E-state index < -0.39 is 0 Å². The van der Waals surface area contributed by atoms with E-state index in [4.69, 9.17) is 4.74 Å². The van der Waals surface area contributed by atoms with Gasteiger partial charge < -0.3 is 14.5 Å². The normalized spacial score (nSPS) is 16.5. The molecule has 1 aliphatic heterocycles. The molecule has 1 saturated heterocycles. The highest BCUT2D eigenvalue weighted by Gasteiger charge is 2.28. The number of morpholine rings is 1. The van der Waals surface area contributed by atoms with Crippen LogP contribution >= 0.6 is 0 Å². The van der Waals surface area contributed by atoms with Crippen LogP contribution in [-0.2, 0) is 16.0 Å². The van der Waals surface area contributed by atoms with E-state index in [0.29, 0.717) is 50.7 Å². The maximum atomic E-state index is 13.1. The third-order valence-electron chi connectivity index (χ3n) is 5.28. The molecule has 0 spiro atoms. The van der Waals surface area contributed by atoms with Crippen LogP contribution in [0.1, 0.15) is 35.3 Å². The van der Waals surface area contributed by atoms with Gasteiger partial charge in [-0.05, 0) is 30.5 Å². The number of hydrogen-bond acceptors (Lipinski definition) is 3. The largest absolute Gasteiger partial charge is 0.373 e. The molecule has 0 N–H and O–H groups in total. The van der Waals surface area contributed by atoms with Crippen LogP contribution in [0.4, 0.5) is 0 Å². The molecule has 2 aromatic rings. The maximum absolute atomic E-state index is 13.1. The first-order valence-electron chi connectivity index (χ1n) is 10.7. The minimum absolute atomic E-state index is 0.0139. The molecule has 160 valence electrons. The van der Waals surface area contributed by atoms with Gasteiger partial charge in [-0.3, -0.25) is 9.59 Å². The molecule has 3 rings (SSSR count). The molecular formula is C25H32N2O3. The molecule has 0 aliphatic carbocycles. The summed E-state index contributed by atoms with van der Waals surface area (Å²) in [6.45, 7) is 8.97. The van der Waals surface area contributed by atoms with Crippen molar-refractivity contribution in [3.8, 4) is 0 Å². The molecule has 2 amide bonds. The first-order chi connectivity index (χ1) is 14.4. The van der Waals surface area contributed by atoms with Crippen LogP contribution in [0.2, 0.25) is 0 Å². The van der Waals surface area contributed by atoms with Gasteiger partial charge in [0.25, 0.3) is 5.91 Å². The maximum Gasteiger partial charge on any atom is 0.253 e. The van der Waals surface area contributed by atoms with Gasteiger partial charge in [-0.25, -0.2) is 0 Å². The zero-order chi connectivity index (χ0) is 21.5. The van der Waals surface area contributed by atoms with Crippen molar-refractivity contribution in [2.75, 3.05) is 32.8 Å². The number of carbonyl (C=O) groups excluding carboxylic acids is 2. The highest BCUT2D eigenvalue weighted by Crippen LogP contribution is 2.14. The van der Waals surface area contributed by atoms with Gasteiger partial charge in [-0.1, -0.05) is 61.9 Å². The fourth-order valence-corrected chi connectivity index (χ4v) is 3.74. The van der Waals surface area contributed by atoms with Crippen molar-refractivity contribution in [1.82, 2.24) is 9.80 Å². The number of hydrogen-bond donors (Lipinski definition) is 0. The van der Waals surface area contributed by atoms with Gasteiger partial charge in [0.2, 0.25) is 5.91 Å². The summed E-state index contributed by atoms with van der Waals surface area (Å²) >= 11 is 0. The summed E-state index contributed by atoms with van der Waals surface area (Å²) in [5.74, 6) is 0.466. The second kappa shape index (κ2) is 10.4. The van der Waals surface area contributed by atoms with Crippen molar-refractivity contribution in [3.63, 3.8) is 0 Å². The molecule has 1 heterocycles. The van der Waals surface area contributed by atoms with E-state index in [2.05, 4.69) is 13.8 Å². The number of carbonyl (C=O) groups is 2. The summed E-state index contributed by atoms with van der Waals surface area (Å²) in [5, 5.41) is 0. The number of benzene rings is 2. The number of nitrogens with zero attached hydrogens (tertiary/aromatic N) is 2. The summed E-state index contributed by atoms with van der Waals surface area (Å²) < 4.78 is 5.94. The predicted octanol–water partition coefficient (Wildman–Crippen LogP) is 3.56. The van der Waals surface area contributed by atoms with Gasteiger partial charge in [0.15, 0.2) is 0 Å². The Morgan fingerprint density at radius 3 is 2.47 bits per heavy atom.